The molecule has 0 amide bonds. The highest BCUT2D eigenvalue weighted by Crippen LogP contribution is 2.22. The average Bonchev–Trinajstić information content (AvgIpc) is 2.39. The number of hydrogen-bond donors (Lipinski definition) is 1. The normalized spacial score (nSPS) is 23.1. The van der Waals surface area contributed by atoms with Crippen LogP contribution in [0.25, 0.3) is 0 Å². The Hall–Kier alpha value is -1.74. The highest BCUT2D eigenvalue weighted by molar-refractivity contribution is 8.16. The van der Waals surface area contributed by atoms with Crippen LogP contribution in [-0.4, -0.2) is 12.1 Å². The van der Waals surface area contributed by atoms with E-state index in [2.05, 4.69) is 41.4 Å². The van der Waals surface area contributed by atoms with Crippen molar-refractivity contribution in [3.63, 3.8) is 0 Å². The van der Waals surface area contributed by atoms with Crippen molar-refractivity contribution >= 4 is 22.5 Å². The molecule has 92 valence electrons. The van der Waals surface area contributed by atoms with Gasteiger partial charge in [0.1, 0.15) is 5.04 Å². The second kappa shape index (κ2) is 5.74. The van der Waals surface area contributed by atoms with Crippen LogP contribution < -0.4 is 5.32 Å². The number of benzene rings is 1. The monoisotopic (exact) mass is 256 g/mol. The predicted molar refractivity (Wildman–Crippen MR) is 82.2 cm³/mol. The van der Waals surface area contributed by atoms with Crippen LogP contribution in [0.4, 0.5) is 5.69 Å². The Balaban J connectivity index is 2.33. The summed E-state index contributed by atoms with van der Waals surface area (Å²) in [6.45, 7) is 6.01. The Kier molecular flexibility index (Phi) is 4.05. The van der Waals surface area contributed by atoms with Crippen molar-refractivity contribution in [2.45, 2.75) is 6.92 Å². The molecule has 1 aliphatic heterocycles. The van der Waals surface area contributed by atoms with Crippen LogP contribution in [0.3, 0.4) is 0 Å². The number of aliphatic imine (C=N–C) groups is 1. The van der Waals surface area contributed by atoms with E-state index in [-0.39, 0.29) is 0 Å². The lowest BCUT2D eigenvalue weighted by Gasteiger charge is -2.08. The molecule has 1 heterocycles. The van der Waals surface area contributed by atoms with Gasteiger partial charge in [-0.05, 0) is 36.1 Å². The van der Waals surface area contributed by atoms with Gasteiger partial charge in [-0.15, -0.1) is 0 Å². The number of rotatable bonds is 2. The topological polar surface area (TPSA) is 24.4 Å². The summed E-state index contributed by atoms with van der Waals surface area (Å²) < 4.78 is 0. The zero-order valence-electron chi connectivity index (χ0n) is 10.6. The minimum Gasteiger partial charge on any atom is -0.388 e. The fraction of sp³-hybridized carbons (Fsp3) is 0.133. The lowest BCUT2D eigenvalue weighted by molar-refractivity contribution is 1.41. The molecule has 1 aliphatic rings. The highest BCUT2D eigenvalue weighted by Gasteiger charge is 2.05. The summed E-state index contributed by atoms with van der Waals surface area (Å²) in [5.41, 5.74) is 4.20. The maximum atomic E-state index is 4.53. The van der Waals surface area contributed by atoms with E-state index in [1.54, 1.807) is 11.8 Å². The average molecular weight is 256 g/mol. The first-order chi connectivity index (χ1) is 8.69. The van der Waals surface area contributed by atoms with E-state index in [4.69, 9.17) is 0 Å². The second-order valence-corrected chi connectivity index (χ2v) is 4.91. The van der Waals surface area contributed by atoms with Gasteiger partial charge in [-0.2, -0.15) is 0 Å². The Morgan fingerprint density at radius 3 is 2.56 bits per heavy atom. The Bertz CT molecular complexity index is 536. The van der Waals surface area contributed by atoms with Crippen molar-refractivity contribution in [1.29, 1.82) is 0 Å². The molecule has 2 rings (SSSR count). The van der Waals surface area contributed by atoms with Gasteiger partial charge >= 0.3 is 0 Å². The largest absolute Gasteiger partial charge is 0.388 e. The van der Waals surface area contributed by atoms with E-state index >= 15 is 0 Å². The van der Waals surface area contributed by atoms with Gasteiger partial charge in [-0.1, -0.05) is 36.5 Å². The molecule has 0 fully saturated rings. The zero-order chi connectivity index (χ0) is 13.0. The van der Waals surface area contributed by atoms with Crippen LogP contribution in [0, 0.1) is 0 Å². The minimum absolute atomic E-state index is 0.780. The molecule has 18 heavy (non-hydrogen) atoms. The standard InChI is InChI=1S/C15H16N2S/c1-11-4-5-12(2)17-15(18-10-11)13-6-8-14(16-3)9-7-13/h4-10,16H,2H2,1,3H3/b5-4-,11-10-,17-15-. The molecule has 0 aliphatic carbocycles. The Morgan fingerprint density at radius 2 is 1.89 bits per heavy atom. The Morgan fingerprint density at radius 1 is 1.17 bits per heavy atom. The quantitative estimate of drug-likeness (QED) is 0.857. The number of thioether (sulfide) groups is 1. The van der Waals surface area contributed by atoms with Gasteiger partial charge in [0.05, 0.1) is 5.70 Å². The van der Waals surface area contributed by atoms with Crippen molar-refractivity contribution in [2.75, 3.05) is 12.4 Å². The van der Waals surface area contributed by atoms with Crippen molar-refractivity contribution < 1.29 is 0 Å². The number of nitrogens with one attached hydrogen (secondary N) is 1. The maximum absolute atomic E-state index is 4.53. The molecule has 0 atom stereocenters. The van der Waals surface area contributed by atoms with E-state index in [1.165, 1.54) is 5.57 Å². The van der Waals surface area contributed by atoms with Gasteiger partial charge in [0.2, 0.25) is 0 Å². The van der Waals surface area contributed by atoms with Crippen LogP contribution in [0.5, 0.6) is 0 Å². The van der Waals surface area contributed by atoms with Gasteiger partial charge < -0.3 is 5.32 Å². The van der Waals surface area contributed by atoms with Crippen molar-refractivity contribution in [3.05, 3.63) is 65.2 Å². The van der Waals surface area contributed by atoms with Gasteiger partial charge in [0, 0.05) is 18.3 Å². The number of nitrogens with zero attached hydrogens (tertiary/aromatic N) is 1. The molecular formula is C15H16N2S. The van der Waals surface area contributed by atoms with E-state index < -0.39 is 0 Å². The summed E-state index contributed by atoms with van der Waals surface area (Å²) >= 11 is 1.63. The molecule has 0 saturated heterocycles. The molecule has 2 nitrogen and oxygen atoms in total. The molecule has 1 aromatic rings. The van der Waals surface area contributed by atoms with Crippen molar-refractivity contribution in [1.82, 2.24) is 0 Å². The smallest absolute Gasteiger partial charge is 0.108 e. The second-order valence-electron chi connectivity index (χ2n) is 4.05. The fourth-order valence-electron chi connectivity index (χ4n) is 1.52. The zero-order valence-corrected chi connectivity index (χ0v) is 11.4. The van der Waals surface area contributed by atoms with E-state index in [1.807, 2.05) is 31.3 Å². The minimum atomic E-state index is 0.780. The summed E-state index contributed by atoms with van der Waals surface area (Å²) in [6.07, 6.45) is 3.97. The summed E-state index contributed by atoms with van der Waals surface area (Å²) in [5, 5.41) is 6.19. The summed E-state index contributed by atoms with van der Waals surface area (Å²) in [6, 6.07) is 8.23. The molecule has 0 radical (unpaired) electrons. The molecule has 0 aromatic heterocycles. The van der Waals surface area contributed by atoms with Crippen molar-refractivity contribution in [2.24, 2.45) is 4.99 Å². The van der Waals surface area contributed by atoms with Gasteiger partial charge in [-0.3, -0.25) is 0 Å². The first-order valence-corrected chi connectivity index (χ1v) is 6.64. The van der Waals surface area contributed by atoms with Crippen LogP contribution in [0.15, 0.2) is 64.7 Å². The highest BCUT2D eigenvalue weighted by atomic mass is 32.2. The van der Waals surface area contributed by atoms with E-state index in [0.29, 0.717) is 0 Å². The number of anilines is 1. The van der Waals surface area contributed by atoms with Crippen LogP contribution in [-0.2, 0) is 0 Å². The molecule has 0 bridgehead atoms. The lowest BCUT2D eigenvalue weighted by Crippen LogP contribution is -1.97. The summed E-state index contributed by atoms with van der Waals surface area (Å²) in [5.74, 6) is 0. The predicted octanol–water partition coefficient (Wildman–Crippen LogP) is 4.20. The van der Waals surface area contributed by atoms with Gasteiger partial charge in [-0.25, -0.2) is 4.99 Å². The van der Waals surface area contributed by atoms with Crippen LogP contribution >= 0.6 is 11.8 Å². The van der Waals surface area contributed by atoms with Crippen molar-refractivity contribution in [3.8, 4) is 0 Å². The van der Waals surface area contributed by atoms with Crippen LogP contribution in [0.1, 0.15) is 12.5 Å². The molecule has 0 unspecified atom stereocenters. The molecule has 1 aromatic carbocycles. The van der Waals surface area contributed by atoms with Crippen LogP contribution in [0.2, 0.25) is 0 Å². The fourth-order valence-corrected chi connectivity index (χ4v) is 2.34. The summed E-state index contributed by atoms with van der Waals surface area (Å²) in [4.78, 5) is 4.53. The lowest BCUT2D eigenvalue weighted by atomic mass is 10.2. The SMILES string of the molecule is C=C1/C=C\C(C)=C/S/C(c2ccc(NC)cc2)=N\1. The van der Waals surface area contributed by atoms with E-state index in [9.17, 15) is 0 Å². The third kappa shape index (κ3) is 3.14. The molecular weight excluding hydrogens is 240 g/mol. The molecule has 0 saturated carbocycles. The number of hydrogen-bond acceptors (Lipinski definition) is 3. The number of allylic oxidation sites excluding steroid dienone is 3. The van der Waals surface area contributed by atoms with Gasteiger partial charge in [0.15, 0.2) is 0 Å². The third-order valence-corrected chi connectivity index (χ3v) is 3.60. The molecule has 3 heteroatoms. The first kappa shape index (κ1) is 12.7. The van der Waals surface area contributed by atoms with E-state index in [0.717, 1.165) is 22.0 Å². The molecule has 0 spiro atoms. The van der Waals surface area contributed by atoms with Gasteiger partial charge in [0.25, 0.3) is 0 Å². The maximum Gasteiger partial charge on any atom is 0.108 e. The third-order valence-electron chi connectivity index (χ3n) is 2.56. The summed E-state index contributed by atoms with van der Waals surface area (Å²) in [7, 11) is 1.91. The Labute approximate surface area is 112 Å². The molecule has 1 N–H and O–H groups in total. The first-order valence-electron chi connectivity index (χ1n) is 5.76.